The van der Waals surface area contributed by atoms with E-state index >= 15 is 0 Å². The summed E-state index contributed by atoms with van der Waals surface area (Å²) < 4.78 is 12.9. The standard InChI is InChI=1S/C19H24N2O2S/c1-14(22)15-9-10-19-17(13-15)21(12-6-11-20(2)3)16-7-4-5-8-18(16)24(19)23/h4-5,7-10,13-14,22H,6,11-12H2,1-3H3. The molecule has 1 heterocycles. The smallest absolute Gasteiger partial charge is 0.0892 e. The maximum atomic E-state index is 12.9. The highest BCUT2D eigenvalue weighted by atomic mass is 32.2. The van der Waals surface area contributed by atoms with Gasteiger partial charge in [0.15, 0.2) is 0 Å². The van der Waals surface area contributed by atoms with E-state index in [0.29, 0.717) is 0 Å². The third-order valence-corrected chi connectivity index (χ3v) is 5.79. The minimum Gasteiger partial charge on any atom is -0.389 e. The summed E-state index contributed by atoms with van der Waals surface area (Å²) in [5.74, 6) is 0. The molecule has 0 saturated carbocycles. The number of aliphatic hydroxyl groups is 1. The van der Waals surface area contributed by atoms with Crippen LogP contribution in [0.2, 0.25) is 0 Å². The molecule has 0 radical (unpaired) electrons. The summed E-state index contributed by atoms with van der Waals surface area (Å²) in [6, 6.07) is 13.6. The number of rotatable bonds is 5. The van der Waals surface area contributed by atoms with Crippen LogP contribution in [0.1, 0.15) is 25.0 Å². The molecule has 0 saturated heterocycles. The summed E-state index contributed by atoms with van der Waals surface area (Å²) in [6.45, 7) is 3.60. The molecule has 2 aromatic rings. The lowest BCUT2D eigenvalue weighted by Gasteiger charge is -2.33. The molecule has 24 heavy (non-hydrogen) atoms. The fraction of sp³-hybridized carbons (Fsp3) is 0.368. The SMILES string of the molecule is CC(O)c1ccc2c(c1)N(CCCN(C)C)c1ccccc1S2=O. The Hall–Kier alpha value is -1.69. The number of hydrogen-bond donors (Lipinski definition) is 1. The van der Waals surface area contributed by atoms with Gasteiger partial charge < -0.3 is 14.9 Å². The Morgan fingerprint density at radius 3 is 2.54 bits per heavy atom. The Labute approximate surface area is 146 Å². The van der Waals surface area contributed by atoms with Crippen LogP contribution in [0.25, 0.3) is 0 Å². The minimum atomic E-state index is -1.18. The Morgan fingerprint density at radius 1 is 1.12 bits per heavy atom. The fourth-order valence-electron chi connectivity index (χ4n) is 3.03. The van der Waals surface area contributed by atoms with Gasteiger partial charge in [0.25, 0.3) is 0 Å². The third kappa shape index (κ3) is 3.24. The van der Waals surface area contributed by atoms with Crippen molar-refractivity contribution >= 4 is 22.2 Å². The first-order valence-electron chi connectivity index (χ1n) is 8.24. The molecule has 0 spiro atoms. The molecule has 1 aliphatic rings. The van der Waals surface area contributed by atoms with Gasteiger partial charge in [-0.25, -0.2) is 4.21 Å². The van der Waals surface area contributed by atoms with E-state index in [1.54, 1.807) is 6.92 Å². The van der Waals surface area contributed by atoms with Gasteiger partial charge in [-0.3, -0.25) is 0 Å². The first-order chi connectivity index (χ1) is 11.5. The molecule has 2 unspecified atom stereocenters. The summed E-state index contributed by atoms with van der Waals surface area (Å²) >= 11 is 0. The monoisotopic (exact) mass is 344 g/mol. The van der Waals surface area contributed by atoms with Gasteiger partial charge in [0, 0.05) is 6.54 Å². The van der Waals surface area contributed by atoms with Crippen molar-refractivity contribution in [2.45, 2.75) is 29.2 Å². The summed E-state index contributed by atoms with van der Waals surface area (Å²) in [4.78, 5) is 6.09. The second-order valence-electron chi connectivity index (χ2n) is 6.45. The van der Waals surface area contributed by atoms with Crippen molar-refractivity contribution < 1.29 is 9.32 Å². The normalized spacial score (nSPS) is 17.5. The first-order valence-corrected chi connectivity index (χ1v) is 9.39. The maximum absolute atomic E-state index is 12.9. The minimum absolute atomic E-state index is 0.537. The zero-order chi connectivity index (χ0) is 17.3. The van der Waals surface area contributed by atoms with Gasteiger partial charge in [-0.15, -0.1) is 0 Å². The Morgan fingerprint density at radius 2 is 1.83 bits per heavy atom. The van der Waals surface area contributed by atoms with Crippen LogP contribution in [0, 0.1) is 0 Å². The van der Waals surface area contributed by atoms with Gasteiger partial charge >= 0.3 is 0 Å². The van der Waals surface area contributed by atoms with Gasteiger partial charge in [-0.1, -0.05) is 18.2 Å². The molecular weight excluding hydrogens is 320 g/mol. The van der Waals surface area contributed by atoms with Gasteiger partial charge in [-0.05, 0) is 63.8 Å². The van der Waals surface area contributed by atoms with Crippen molar-refractivity contribution in [2.75, 3.05) is 32.1 Å². The third-order valence-electron chi connectivity index (χ3n) is 4.30. The Balaban J connectivity index is 2.05. The van der Waals surface area contributed by atoms with E-state index in [4.69, 9.17) is 0 Å². The highest BCUT2D eigenvalue weighted by Gasteiger charge is 2.28. The van der Waals surface area contributed by atoms with Crippen LogP contribution in [-0.2, 0) is 10.8 Å². The number of hydrogen-bond acceptors (Lipinski definition) is 4. The van der Waals surface area contributed by atoms with Crippen molar-refractivity contribution in [1.29, 1.82) is 0 Å². The predicted octanol–water partition coefficient (Wildman–Crippen LogP) is 3.31. The molecule has 0 amide bonds. The van der Waals surface area contributed by atoms with Gasteiger partial charge in [-0.2, -0.15) is 0 Å². The molecule has 1 N–H and O–H groups in total. The quantitative estimate of drug-likeness (QED) is 0.904. The Bertz CT molecular complexity index is 759. The topological polar surface area (TPSA) is 43.8 Å². The van der Waals surface area contributed by atoms with Crippen molar-refractivity contribution in [2.24, 2.45) is 0 Å². The average molecular weight is 344 g/mol. The van der Waals surface area contributed by atoms with E-state index in [-0.39, 0.29) is 0 Å². The van der Waals surface area contributed by atoms with Crippen LogP contribution in [0.15, 0.2) is 52.3 Å². The van der Waals surface area contributed by atoms with E-state index in [9.17, 15) is 9.32 Å². The van der Waals surface area contributed by atoms with E-state index in [2.05, 4.69) is 23.9 Å². The number of anilines is 2. The summed E-state index contributed by atoms with van der Waals surface area (Å²) in [5.41, 5.74) is 2.80. The van der Waals surface area contributed by atoms with Crippen LogP contribution in [0.4, 0.5) is 11.4 Å². The number of fused-ring (bicyclic) bond motifs is 2. The van der Waals surface area contributed by atoms with E-state index in [0.717, 1.165) is 46.2 Å². The maximum Gasteiger partial charge on any atom is 0.0892 e. The van der Waals surface area contributed by atoms with E-state index in [1.165, 1.54) is 0 Å². The Kier molecular flexibility index (Phi) is 5.04. The highest BCUT2D eigenvalue weighted by molar-refractivity contribution is 7.85. The molecule has 0 fully saturated rings. The van der Waals surface area contributed by atoms with E-state index < -0.39 is 16.9 Å². The van der Waals surface area contributed by atoms with Crippen LogP contribution >= 0.6 is 0 Å². The molecular formula is C19H24N2O2S. The number of aliphatic hydroxyl groups excluding tert-OH is 1. The highest BCUT2D eigenvalue weighted by Crippen LogP contribution is 2.42. The van der Waals surface area contributed by atoms with Crippen molar-refractivity contribution in [3.05, 3.63) is 48.0 Å². The first kappa shape index (κ1) is 17.1. The average Bonchev–Trinajstić information content (AvgIpc) is 2.57. The largest absolute Gasteiger partial charge is 0.389 e. The van der Waals surface area contributed by atoms with Crippen molar-refractivity contribution in [1.82, 2.24) is 4.90 Å². The molecule has 5 heteroatoms. The molecule has 1 aliphatic heterocycles. The van der Waals surface area contributed by atoms with Crippen molar-refractivity contribution in [3.63, 3.8) is 0 Å². The second kappa shape index (κ2) is 7.05. The van der Waals surface area contributed by atoms with Gasteiger partial charge in [0.05, 0.1) is 38.1 Å². The van der Waals surface area contributed by atoms with Gasteiger partial charge in [0.2, 0.25) is 0 Å². The van der Waals surface area contributed by atoms with Crippen LogP contribution in [0.5, 0.6) is 0 Å². The van der Waals surface area contributed by atoms with Crippen LogP contribution < -0.4 is 4.90 Å². The summed E-state index contributed by atoms with van der Waals surface area (Å²) in [5, 5.41) is 9.92. The lowest BCUT2D eigenvalue weighted by Crippen LogP contribution is -2.27. The van der Waals surface area contributed by atoms with Crippen LogP contribution in [0.3, 0.4) is 0 Å². The number of para-hydroxylation sites is 1. The van der Waals surface area contributed by atoms with E-state index in [1.807, 2.05) is 42.5 Å². The fourth-order valence-corrected chi connectivity index (χ4v) is 4.39. The molecule has 2 atom stereocenters. The summed E-state index contributed by atoms with van der Waals surface area (Å²) in [7, 11) is 2.96. The van der Waals surface area contributed by atoms with Crippen molar-refractivity contribution in [3.8, 4) is 0 Å². The molecule has 0 aliphatic carbocycles. The van der Waals surface area contributed by atoms with Crippen LogP contribution in [-0.4, -0.2) is 41.4 Å². The summed E-state index contributed by atoms with van der Waals surface area (Å²) in [6.07, 6.45) is 0.469. The lowest BCUT2D eigenvalue weighted by atomic mass is 10.1. The second-order valence-corrected chi connectivity index (χ2v) is 7.87. The molecule has 0 aromatic heterocycles. The lowest BCUT2D eigenvalue weighted by molar-refractivity contribution is 0.199. The number of benzene rings is 2. The zero-order valence-electron chi connectivity index (χ0n) is 14.4. The zero-order valence-corrected chi connectivity index (χ0v) is 15.2. The molecule has 2 aromatic carbocycles. The number of nitrogens with zero attached hydrogens (tertiary/aromatic N) is 2. The molecule has 128 valence electrons. The molecule has 4 nitrogen and oxygen atoms in total. The molecule has 0 bridgehead atoms. The predicted molar refractivity (Wildman–Crippen MR) is 98.4 cm³/mol. The molecule has 3 rings (SSSR count). The van der Waals surface area contributed by atoms with Gasteiger partial charge in [0.1, 0.15) is 0 Å².